The summed E-state index contributed by atoms with van der Waals surface area (Å²) in [6.07, 6.45) is 1.41. The number of benzene rings is 1. The molecule has 0 bridgehead atoms. The van der Waals surface area contributed by atoms with Crippen molar-refractivity contribution >= 4 is 38.3 Å². The van der Waals surface area contributed by atoms with E-state index in [9.17, 15) is 12.8 Å². The highest BCUT2D eigenvalue weighted by Gasteiger charge is 2.20. The standard InChI is InChI=1S/C11H11FIN3O2S/c1-7-14-10(6-16(7)2)19(17,18)15-9-5-3-4-8(12)11(9)13/h3-6,15H,1-2H3. The molecule has 0 aliphatic rings. The number of hydrogen-bond donors (Lipinski definition) is 1. The van der Waals surface area contributed by atoms with Gasteiger partial charge in [0.1, 0.15) is 11.6 Å². The maximum atomic E-state index is 13.4. The third-order valence-corrected chi connectivity index (χ3v) is 4.89. The fraction of sp³-hybridized carbons (Fsp3) is 0.182. The first-order chi connectivity index (χ1) is 8.81. The summed E-state index contributed by atoms with van der Waals surface area (Å²) in [4.78, 5) is 3.95. The average molecular weight is 395 g/mol. The van der Waals surface area contributed by atoms with Crippen LogP contribution in [0.2, 0.25) is 0 Å². The van der Waals surface area contributed by atoms with Gasteiger partial charge in [0, 0.05) is 13.2 Å². The number of imidazole rings is 1. The van der Waals surface area contributed by atoms with Crippen molar-refractivity contribution in [1.29, 1.82) is 0 Å². The molecule has 1 aromatic carbocycles. The van der Waals surface area contributed by atoms with Gasteiger partial charge < -0.3 is 4.57 Å². The van der Waals surface area contributed by atoms with Gasteiger partial charge in [0.15, 0.2) is 5.03 Å². The Labute approximate surface area is 124 Å². The molecule has 0 atom stereocenters. The van der Waals surface area contributed by atoms with E-state index in [0.29, 0.717) is 5.82 Å². The summed E-state index contributed by atoms with van der Waals surface area (Å²) in [6, 6.07) is 4.21. The third kappa shape index (κ3) is 2.89. The Morgan fingerprint density at radius 2 is 2.11 bits per heavy atom. The van der Waals surface area contributed by atoms with Crippen molar-refractivity contribution in [2.75, 3.05) is 4.72 Å². The van der Waals surface area contributed by atoms with Gasteiger partial charge >= 0.3 is 0 Å². The summed E-state index contributed by atoms with van der Waals surface area (Å²) in [5.41, 5.74) is 0.198. The van der Waals surface area contributed by atoms with E-state index >= 15 is 0 Å². The highest BCUT2D eigenvalue weighted by Crippen LogP contribution is 2.23. The molecule has 1 aromatic heterocycles. The van der Waals surface area contributed by atoms with Gasteiger partial charge in [-0.15, -0.1) is 0 Å². The molecule has 1 heterocycles. The zero-order valence-electron chi connectivity index (χ0n) is 10.2. The molecule has 102 valence electrons. The Kier molecular flexibility index (Phi) is 3.81. The summed E-state index contributed by atoms with van der Waals surface area (Å²) >= 11 is 1.75. The highest BCUT2D eigenvalue weighted by atomic mass is 127. The van der Waals surface area contributed by atoms with E-state index in [0.717, 1.165) is 0 Å². The average Bonchev–Trinajstić information content (AvgIpc) is 2.66. The summed E-state index contributed by atoms with van der Waals surface area (Å²) in [6.45, 7) is 1.70. The van der Waals surface area contributed by atoms with Crippen LogP contribution in [0.25, 0.3) is 0 Å². The second-order valence-corrected chi connectivity index (χ2v) is 6.65. The van der Waals surface area contributed by atoms with Gasteiger partial charge in [0.2, 0.25) is 0 Å². The number of anilines is 1. The predicted molar refractivity (Wildman–Crippen MR) is 77.9 cm³/mol. The second kappa shape index (κ2) is 5.08. The number of aromatic nitrogens is 2. The lowest BCUT2D eigenvalue weighted by Crippen LogP contribution is -2.14. The van der Waals surface area contributed by atoms with E-state index in [2.05, 4.69) is 9.71 Å². The van der Waals surface area contributed by atoms with Crippen LogP contribution < -0.4 is 4.72 Å². The van der Waals surface area contributed by atoms with Crippen LogP contribution in [0.15, 0.2) is 29.4 Å². The van der Waals surface area contributed by atoms with Crippen LogP contribution in [0.4, 0.5) is 10.1 Å². The SMILES string of the molecule is Cc1nc(S(=O)(=O)Nc2cccc(F)c2I)cn1C. The molecule has 0 unspecified atom stereocenters. The van der Waals surface area contributed by atoms with Gasteiger partial charge in [-0.3, -0.25) is 4.72 Å². The first-order valence-corrected chi connectivity index (χ1v) is 7.84. The van der Waals surface area contributed by atoms with E-state index in [1.807, 2.05) is 0 Å². The van der Waals surface area contributed by atoms with E-state index in [1.54, 1.807) is 41.1 Å². The van der Waals surface area contributed by atoms with E-state index in [1.165, 1.54) is 24.4 Å². The van der Waals surface area contributed by atoms with Gasteiger partial charge in [0.05, 0.1) is 9.26 Å². The molecule has 5 nitrogen and oxygen atoms in total. The lowest BCUT2D eigenvalue weighted by atomic mass is 10.3. The molecule has 2 rings (SSSR count). The van der Waals surface area contributed by atoms with Gasteiger partial charge in [-0.05, 0) is 41.6 Å². The quantitative estimate of drug-likeness (QED) is 0.812. The lowest BCUT2D eigenvalue weighted by molar-refractivity contribution is 0.597. The minimum atomic E-state index is -3.81. The molecule has 0 saturated carbocycles. The Bertz CT molecular complexity index is 708. The van der Waals surface area contributed by atoms with Crippen LogP contribution >= 0.6 is 22.6 Å². The van der Waals surface area contributed by atoms with Crippen LogP contribution in [0, 0.1) is 16.3 Å². The molecule has 0 radical (unpaired) electrons. The van der Waals surface area contributed by atoms with Crippen molar-refractivity contribution in [3.05, 3.63) is 39.6 Å². The fourth-order valence-corrected chi connectivity index (χ4v) is 3.23. The van der Waals surface area contributed by atoms with E-state index in [4.69, 9.17) is 0 Å². The molecule has 0 fully saturated rings. The molecule has 0 aliphatic carbocycles. The van der Waals surface area contributed by atoms with Crippen molar-refractivity contribution in [2.24, 2.45) is 7.05 Å². The van der Waals surface area contributed by atoms with Gasteiger partial charge in [-0.25, -0.2) is 9.37 Å². The van der Waals surface area contributed by atoms with Crippen molar-refractivity contribution in [3.8, 4) is 0 Å². The Hall–Kier alpha value is -1.16. The minimum absolute atomic E-state index is 0.0902. The van der Waals surface area contributed by atoms with Crippen molar-refractivity contribution in [2.45, 2.75) is 11.9 Å². The van der Waals surface area contributed by atoms with Crippen molar-refractivity contribution in [3.63, 3.8) is 0 Å². The topological polar surface area (TPSA) is 64.0 Å². The third-order valence-electron chi connectivity index (χ3n) is 2.56. The predicted octanol–water partition coefficient (Wildman–Crippen LogP) is 2.27. The van der Waals surface area contributed by atoms with Crippen LogP contribution in [0.1, 0.15) is 5.82 Å². The molecule has 0 saturated heterocycles. The summed E-state index contributed by atoms with van der Waals surface area (Å²) < 4.78 is 41.8. The van der Waals surface area contributed by atoms with E-state index in [-0.39, 0.29) is 14.3 Å². The fourth-order valence-electron chi connectivity index (χ4n) is 1.44. The number of sulfonamides is 1. The molecular formula is C11H11FIN3O2S. The zero-order valence-corrected chi connectivity index (χ0v) is 13.2. The molecule has 0 spiro atoms. The maximum absolute atomic E-state index is 13.4. The monoisotopic (exact) mass is 395 g/mol. The molecule has 1 N–H and O–H groups in total. The summed E-state index contributed by atoms with van der Waals surface area (Å²) in [5, 5.41) is -0.0902. The molecule has 2 aromatic rings. The summed E-state index contributed by atoms with van der Waals surface area (Å²) in [5.74, 6) is 0.104. The molecule has 0 aliphatic heterocycles. The largest absolute Gasteiger partial charge is 0.337 e. The zero-order chi connectivity index (χ0) is 14.2. The van der Waals surface area contributed by atoms with Crippen LogP contribution in [-0.4, -0.2) is 18.0 Å². The lowest BCUT2D eigenvalue weighted by Gasteiger charge is -2.08. The number of aryl methyl sites for hydroxylation is 2. The van der Waals surface area contributed by atoms with Gasteiger partial charge in [-0.1, -0.05) is 6.07 Å². The first kappa shape index (κ1) is 14.3. The molecular weight excluding hydrogens is 384 g/mol. The van der Waals surface area contributed by atoms with Crippen LogP contribution in [0.5, 0.6) is 0 Å². The van der Waals surface area contributed by atoms with E-state index < -0.39 is 15.8 Å². The highest BCUT2D eigenvalue weighted by molar-refractivity contribution is 14.1. The Balaban J connectivity index is 2.39. The number of nitrogens with zero attached hydrogens (tertiary/aromatic N) is 2. The maximum Gasteiger partial charge on any atom is 0.280 e. The smallest absolute Gasteiger partial charge is 0.280 e. The number of halogens is 2. The number of rotatable bonds is 3. The minimum Gasteiger partial charge on any atom is -0.337 e. The molecule has 19 heavy (non-hydrogen) atoms. The first-order valence-electron chi connectivity index (χ1n) is 5.28. The van der Waals surface area contributed by atoms with Crippen molar-refractivity contribution in [1.82, 2.24) is 9.55 Å². The van der Waals surface area contributed by atoms with Gasteiger partial charge in [-0.2, -0.15) is 8.42 Å². The van der Waals surface area contributed by atoms with Crippen LogP contribution in [0.3, 0.4) is 0 Å². The molecule has 0 amide bonds. The Morgan fingerprint density at radius 3 is 2.68 bits per heavy atom. The molecule has 8 heteroatoms. The van der Waals surface area contributed by atoms with Crippen molar-refractivity contribution < 1.29 is 12.8 Å². The van der Waals surface area contributed by atoms with Crippen LogP contribution in [-0.2, 0) is 17.1 Å². The normalized spacial score (nSPS) is 11.6. The number of hydrogen-bond acceptors (Lipinski definition) is 3. The summed E-state index contributed by atoms with van der Waals surface area (Å²) in [7, 11) is -2.11. The Morgan fingerprint density at radius 1 is 1.42 bits per heavy atom. The second-order valence-electron chi connectivity index (χ2n) is 3.94. The number of nitrogens with one attached hydrogen (secondary N) is 1. The van der Waals surface area contributed by atoms with Gasteiger partial charge in [0.25, 0.3) is 10.0 Å².